The molecule has 24 heavy (non-hydrogen) atoms. The molecule has 0 heterocycles. The molecule has 0 aliphatic heterocycles. The predicted molar refractivity (Wildman–Crippen MR) is 95.8 cm³/mol. The second kappa shape index (κ2) is 17.2. The third-order valence-corrected chi connectivity index (χ3v) is 4.46. The van der Waals surface area contributed by atoms with Crippen molar-refractivity contribution in [2.75, 3.05) is 13.7 Å². The second-order valence-electron chi connectivity index (χ2n) is 6.65. The number of aliphatic hydroxyl groups is 3. The molecule has 0 bridgehead atoms. The van der Waals surface area contributed by atoms with Crippen LogP contribution in [0.5, 0.6) is 0 Å². The summed E-state index contributed by atoms with van der Waals surface area (Å²) in [6.45, 7) is 0.274. The highest BCUT2D eigenvalue weighted by atomic mass is 16.5. The van der Waals surface area contributed by atoms with Crippen LogP contribution >= 0.6 is 0 Å². The Kier molecular flexibility index (Phi) is 16.7. The highest BCUT2D eigenvalue weighted by Crippen LogP contribution is 2.15. The average molecular weight is 347 g/mol. The van der Waals surface area contributed by atoms with Gasteiger partial charge in [0, 0.05) is 13.0 Å². The molecule has 0 aliphatic carbocycles. The zero-order valence-corrected chi connectivity index (χ0v) is 15.4. The van der Waals surface area contributed by atoms with Crippen molar-refractivity contribution in [2.45, 2.75) is 102 Å². The summed E-state index contributed by atoms with van der Waals surface area (Å²) >= 11 is 0. The van der Waals surface area contributed by atoms with Gasteiger partial charge in [-0.1, -0.05) is 57.8 Å². The predicted octanol–water partition coefficient (Wildman–Crippen LogP) is 3.33. The summed E-state index contributed by atoms with van der Waals surface area (Å²) < 4.78 is 4.59. The molecule has 0 fully saturated rings. The van der Waals surface area contributed by atoms with E-state index in [0.717, 1.165) is 70.6 Å². The molecule has 0 aromatic heterocycles. The monoisotopic (exact) mass is 346 g/mol. The second-order valence-corrected chi connectivity index (χ2v) is 6.65. The number of hydrogen-bond donors (Lipinski definition) is 3. The Bertz CT molecular complexity index is 283. The number of carbonyl (C=O) groups is 1. The fourth-order valence-electron chi connectivity index (χ4n) is 2.81. The first kappa shape index (κ1) is 23.4. The first-order valence-corrected chi connectivity index (χ1v) is 9.65. The van der Waals surface area contributed by atoms with E-state index in [0.29, 0.717) is 19.3 Å². The summed E-state index contributed by atoms with van der Waals surface area (Å²) in [6.07, 6.45) is 11.7. The lowest BCUT2D eigenvalue weighted by Gasteiger charge is -2.17. The number of methoxy groups -OCH3 is 1. The zero-order chi connectivity index (χ0) is 18.0. The fraction of sp³-hybridized carbons (Fsp3) is 0.947. The molecule has 0 radical (unpaired) electrons. The maximum absolute atomic E-state index is 10.9. The zero-order valence-electron chi connectivity index (χ0n) is 15.4. The molecule has 144 valence electrons. The van der Waals surface area contributed by atoms with Gasteiger partial charge < -0.3 is 20.1 Å². The maximum Gasteiger partial charge on any atom is 0.305 e. The third-order valence-electron chi connectivity index (χ3n) is 4.46. The standard InChI is InChI=1S/C19H38O5/c1-24-19(23)15-11-7-4-6-10-14-18(22)17(21)13-9-5-2-3-8-12-16-20/h17-18,20-22H,2-16H2,1H3/t17-,18+/m1/s1. The van der Waals surface area contributed by atoms with Gasteiger partial charge in [0.15, 0.2) is 0 Å². The van der Waals surface area contributed by atoms with Crippen molar-refractivity contribution < 1.29 is 24.9 Å². The highest BCUT2D eigenvalue weighted by Gasteiger charge is 2.15. The Labute approximate surface area is 147 Å². The van der Waals surface area contributed by atoms with Gasteiger partial charge in [0.05, 0.1) is 19.3 Å². The lowest BCUT2D eigenvalue weighted by atomic mass is 9.99. The molecular formula is C19H38O5. The third kappa shape index (κ3) is 14.9. The van der Waals surface area contributed by atoms with Crippen molar-refractivity contribution in [2.24, 2.45) is 0 Å². The van der Waals surface area contributed by atoms with E-state index in [-0.39, 0.29) is 12.6 Å². The number of esters is 1. The molecule has 0 rings (SSSR count). The van der Waals surface area contributed by atoms with Crippen LogP contribution in [0.1, 0.15) is 89.9 Å². The van der Waals surface area contributed by atoms with Crippen LogP contribution in [0.3, 0.4) is 0 Å². The van der Waals surface area contributed by atoms with Crippen LogP contribution in [0.15, 0.2) is 0 Å². The van der Waals surface area contributed by atoms with Gasteiger partial charge in [0.1, 0.15) is 0 Å². The van der Waals surface area contributed by atoms with Gasteiger partial charge in [-0.3, -0.25) is 4.79 Å². The first-order chi connectivity index (χ1) is 11.6. The number of unbranched alkanes of at least 4 members (excludes halogenated alkanes) is 9. The Morgan fingerprint density at radius 1 is 0.750 bits per heavy atom. The Balaban J connectivity index is 3.39. The van der Waals surface area contributed by atoms with Crippen molar-refractivity contribution >= 4 is 5.97 Å². The van der Waals surface area contributed by atoms with Gasteiger partial charge in [-0.2, -0.15) is 0 Å². The minimum Gasteiger partial charge on any atom is -0.469 e. The number of carbonyl (C=O) groups excluding carboxylic acids is 1. The van der Waals surface area contributed by atoms with E-state index in [1.165, 1.54) is 7.11 Å². The van der Waals surface area contributed by atoms with Crippen LogP contribution in [0.25, 0.3) is 0 Å². The van der Waals surface area contributed by atoms with E-state index >= 15 is 0 Å². The molecule has 0 spiro atoms. The molecule has 5 heteroatoms. The molecule has 3 N–H and O–H groups in total. The van der Waals surface area contributed by atoms with E-state index in [1.807, 2.05) is 0 Å². The van der Waals surface area contributed by atoms with Crippen LogP contribution in [0.4, 0.5) is 0 Å². The molecule has 0 saturated carbocycles. The molecule has 2 atom stereocenters. The van der Waals surface area contributed by atoms with Crippen molar-refractivity contribution in [1.82, 2.24) is 0 Å². The normalized spacial score (nSPS) is 13.7. The molecule has 0 aromatic rings. The van der Waals surface area contributed by atoms with Crippen molar-refractivity contribution in [3.05, 3.63) is 0 Å². The van der Waals surface area contributed by atoms with E-state index in [4.69, 9.17) is 5.11 Å². The van der Waals surface area contributed by atoms with Crippen molar-refractivity contribution in [3.63, 3.8) is 0 Å². The van der Waals surface area contributed by atoms with Gasteiger partial charge in [-0.15, -0.1) is 0 Å². The maximum atomic E-state index is 10.9. The van der Waals surface area contributed by atoms with Crippen LogP contribution < -0.4 is 0 Å². The summed E-state index contributed by atoms with van der Waals surface area (Å²) in [6, 6.07) is 0. The summed E-state index contributed by atoms with van der Waals surface area (Å²) in [4.78, 5) is 10.9. The molecule has 5 nitrogen and oxygen atoms in total. The number of aliphatic hydroxyl groups excluding tert-OH is 3. The van der Waals surface area contributed by atoms with Gasteiger partial charge in [-0.25, -0.2) is 0 Å². The summed E-state index contributed by atoms with van der Waals surface area (Å²) in [5.74, 6) is -0.151. The summed E-state index contributed by atoms with van der Waals surface area (Å²) in [5.41, 5.74) is 0. The number of ether oxygens (including phenoxy) is 1. The van der Waals surface area contributed by atoms with Gasteiger partial charge in [-0.05, 0) is 25.7 Å². The SMILES string of the molecule is COC(=O)CCCCCCC[C@H](O)[C@H](O)CCCCCCCCO. The smallest absolute Gasteiger partial charge is 0.305 e. The van der Waals surface area contributed by atoms with Crippen molar-refractivity contribution in [3.8, 4) is 0 Å². The first-order valence-electron chi connectivity index (χ1n) is 9.65. The van der Waals surface area contributed by atoms with E-state index in [9.17, 15) is 15.0 Å². The Morgan fingerprint density at radius 3 is 1.62 bits per heavy atom. The molecule has 0 amide bonds. The fourth-order valence-corrected chi connectivity index (χ4v) is 2.81. The summed E-state index contributed by atoms with van der Waals surface area (Å²) in [7, 11) is 1.41. The van der Waals surface area contributed by atoms with Crippen LogP contribution in [0.2, 0.25) is 0 Å². The van der Waals surface area contributed by atoms with E-state index in [1.54, 1.807) is 0 Å². The highest BCUT2D eigenvalue weighted by molar-refractivity contribution is 5.68. The van der Waals surface area contributed by atoms with E-state index in [2.05, 4.69) is 4.74 Å². The quantitative estimate of drug-likeness (QED) is 0.278. The molecule has 0 saturated heterocycles. The van der Waals surface area contributed by atoms with Gasteiger partial charge >= 0.3 is 5.97 Å². The molecular weight excluding hydrogens is 308 g/mol. The minimum absolute atomic E-state index is 0.151. The van der Waals surface area contributed by atoms with Crippen LogP contribution in [0, 0.1) is 0 Å². The minimum atomic E-state index is -0.616. The lowest BCUT2D eigenvalue weighted by molar-refractivity contribution is -0.140. The number of hydrogen-bond acceptors (Lipinski definition) is 5. The molecule has 0 unspecified atom stereocenters. The lowest BCUT2D eigenvalue weighted by Crippen LogP contribution is -2.25. The number of rotatable bonds is 17. The topological polar surface area (TPSA) is 87.0 Å². The van der Waals surface area contributed by atoms with E-state index < -0.39 is 12.2 Å². The van der Waals surface area contributed by atoms with Crippen molar-refractivity contribution in [1.29, 1.82) is 0 Å². The Morgan fingerprint density at radius 2 is 1.17 bits per heavy atom. The molecule has 0 aliphatic rings. The van der Waals surface area contributed by atoms with Gasteiger partial charge in [0.25, 0.3) is 0 Å². The van der Waals surface area contributed by atoms with Crippen LogP contribution in [-0.4, -0.2) is 47.2 Å². The van der Waals surface area contributed by atoms with Gasteiger partial charge in [0.2, 0.25) is 0 Å². The summed E-state index contributed by atoms with van der Waals surface area (Å²) in [5, 5.41) is 28.6. The van der Waals surface area contributed by atoms with Crippen LogP contribution in [-0.2, 0) is 9.53 Å². The molecule has 0 aromatic carbocycles. The largest absolute Gasteiger partial charge is 0.469 e. The average Bonchev–Trinajstić information content (AvgIpc) is 2.59. The Hall–Kier alpha value is -0.650.